The Kier molecular flexibility index (Phi) is 3.37. The highest BCUT2D eigenvalue weighted by atomic mass is 79.9. The number of nitrogens with zero attached hydrogens (tertiary/aromatic N) is 2. The standard InChI is InChI=1S/C12H7BrFN5O3/c13-6-3-15-7-2-1-5(4-19(6)7)16-11(21)9-8(14)10(20)18-12(22)17-9/h1-4H,(H,16,21)(H2,17,18,20,22). The SMILES string of the molecule is O=C(Nc1ccc2ncc(Br)n2c1)c1[nH]c(=O)[nH]c(=O)c1F. The first-order valence-electron chi connectivity index (χ1n) is 5.92. The van der Waals surface area contributed by atoms with Gasteiger partial charge in [0, 0.05) is 6.20 Å². The molecule has 0 unspecified atom stereocenters. The van der Waals surface area contributed by atoms with E-state index in [1.54, 1.807) is 33.9 Å². The zero-order chi connectivity index (χ0) is 15.9. The fourth-order valence-electron chi connectivity index (χ4n) is 1.85. The number of hydrogen-bond donors (Lipinski definition) is 3. The van der Waals surface area contributed by atoms with Crippen LogP contribution < -0.4 is 16.6 Å². The Morgan fingerprint density at radius 2 is 2.09 bits per heavy atom. The van der Waals surface area contributed by atoms with Crippen molar-refractivity contribution in [1.82, 2.24) is 19.4 Å². The van der Waals surface area contributed by atoms with E-state index in [1.807, 2.05) is 4.98 Å². The van der Waals surface area contributed by atoms with Crippen LogP contribution in [0.25, 0.3) is 5.65 Å². The van der Waals surface area contributed by atoms with E-state index in [2.05, 4.69) is 26.2 Å². The van der Waals surface area contributed by atoms with Crippen LogP contribution in [-0.2, 0) is 0 Å². The molecule has 0 spiro atoms. The number of amides is 1. The molecule has 3 aromatic rings. The molecule has 3 heterocycles. The molecule has 3 rings (SSSR count). The van der Waals surface area contributed by atoms with Gasteiger partial charge in [-0.2, -0.15) is 4.39 Å². The van der Waals surface area contributed by atoms with Gasteiger partial charge in [0.15, 0.2) is 5.69 Å². The molecule has 0 aliphatic carbocycles. The van der Waals surface area contributed by atoms with Crippen LogP contribution >= 0.6 is 15.9 Å². The fraction of sp³-hybridized carbons (Fsp3) is 0. The van der Waals surface area contributed by atoms with E-state index in [4.69, 9.17) is 0 Å². The number of fused-ring (bicyclic) bond motifs is 1. The minimum atomic E-state index is -1.36. The van der Waals surface area contributed by atoms with Crippen molar-refractivity contribution in [3.05, 3.63) is 61.5 Å². The van der Waals surface area contributed by atoms with Crippen molar-refractivity contribution in [3.63, 3.8) is 0 Å². The van der Waals surface area contributed by atoms with Crippen molar-refractivity contribution in [3.8, 4) is 0 Å². The van der Waals surface area contributed by atoms with E-state index in [0.29, 0.717) is 15.9 Å². The van der Waals surface area contributed by atoms with Crippen molar-refractivity contribution in [2.24, 2.45) is 0 Å². The largest absolute Gasteiger partial charge is 0.326 e. The average Bonchev–Trinajstić information content (AvgIpc) is 2.84. The molecule has 8 nitrogen and oxygen atoms in total. The fourth-order valence-corrected chi connectivity index (χ4v) is 2.23. The molecule has 0 saturated heterocycles. The summed E-state index contributed by atoms with van der Waals surface area (Å²) in [5.41, 5.74) is -2.00. The molecule has 22 heavy (non-hydrogen) atoms. The normalized spacial score (nSPS) is 10.8. The highest BCUT2D eigenvalue weighted by Gasteiger charge is 2.17. The molecule has 0 saturated carbocycles. The maximum atomic E-state index is 13.6. The Bertz CT molecular complexity index is 1010. The summed E-state index contributed by atoms with van der Waals surface area (Å²) in [7, 11) is 0. The summed E-state index contributed by atoms with van der Waals surface area (Å²) in [6.07, 6.45) is 3.13. The smallest absolute Gasteiger partial charge is 0.319 e. The summed E-state index contributed by atoms with van der Waals surface area (Å²) in [5, 5.41) is 2.39. The molecular formula is C12H7BrFN5O3. The lowest BCUT2D eigenvalue weighted by atomic mass is 10.3. The van der Waals surface area contributed by atoms with Crippen LogP contribution in [0.1, 0.15) is 10.5 Å². The zero-order valence-electron chi connectivity index (χ0n) is 10.7. The Morgan fingerprint density at radius 1 is 1.32 bits per heavy atom. The molecular weight excluding hydrogens is 361 g/mol. The van der Waals surface area contributed by atoms with Crippen LogP contribution in [0.4, 0.5) is 10.1 Å². The lowest BCUT2D eigenvalue weighted by molar-refractivity contribution is 0.101. The molecule has 0 aliphatic rings. The summed E-state index contributed by atoms with van der Waals surface area (Å²) in [6.45, 7) is 0. The quantitative estimate of drug-likeness (QED) is 0.623. The molecule has 0 radical (unpaired) electrons. The van der Waals surface area contributed by atoms with Crippen molar-refractivity contribution >= 4 is 33.2 Å². The van der Waals surface area contributed by atoms with Gasteiger partial charge in [-0.25, -0.2) is 9.78 Å². The maximum Gasteiger partial charge on any atom is 0.326 e. The number of H-pyrrole nitrogens is 2. The van der Waals surface area contributed by atoms with Crippen LogP contribution in [0.3, 0.4) is 0 Å². The molecule has 3 N–H and O–H groups in total. The number of carbonyl (C=O) groups excluding carboxylic acids is 1. The monoisotopic (exact) mass is 367 g/mol. The summed E-state index contributed by atoms with van der Waals surface area (Å²) in [5.74, 6) is -2.31. The first kappa shape index (κ1) is 14.2. The number of anilines is 1. The van der Waals surface area contributed by atoms with Gasteiger partial charge in [0.1, 0.15) is 10.3 Å². The molecule has 112 valence electrons. The Balaban J connectivity index is 1.98. The minimum absolute atomic E-state index is 0.330. The third-order valence-electron chi connectivity index (χ3n) is 2.83. The molecule has 0 fully saturated rings. The number of aromatic amines is 2. The maximum absolute atomic E-state index is 13.6. The van der Waals surface area contributed by atoms with Gasteiger partial charge in [-0.15, -0.1) is 0 Å². The van der Waals surface area contributed by atoms with Gasteiger partial charge in [-0.1, -0.05) is 0 Å². The summed E-state index contributed by atoms with van der Waals surface area (Å²) in [6, 6.07) is 3.19. The number of nitrogens with one attached hydrogen (secondary N) is 3. The van der Waals surface area contributed by atoms with Crippen LogP contribution in [0, 0.1) is 5.82 Å². The average molecular weight is 368 g/mol. The van der Waals surface area contributed by atoms with E-state index >= 15 is 0 Å². The van der Waals surface area contributed by atoms with Gasteiger partial charge in [0.2, 0.25) is 5.82 Å². The number of pyridine rings is 1. The van der Waals surface area contributed by atoms with Crippen LogP contribution in [0.5, 0.6) is 0 Å². The highest BCUT2D eigenvalue weighted by molar-refractivity contribution is 9.10. The summed E-state index contributed by atoms with van der Waals surface area (Å²) in [4.78, 5) is 42.0. The predicted molar refractivity (Wildman–Crippen MR) is 78.5 cm³/mol. The molecule has 0 atom stereocenters. The molecule has 0 bridgehead atoms. The van der Waals surface area contributed by atoms with E-state index in [9.17, 15) is 18.8 Å². The molecule has 0 aliphatic heterocycles. The second-order valence-electron chi connectivity index (χ2n) is 4.28. The molecule has 1 amide bonds. The second-order valence-corrected chi connectivity index (χ2v) is 5.09. The van der Waals surface area contributed by atoms with Crippen molar-refractivity contribution in [2.75, 3.05) is 5.32 Å². The second kappa shape index (κ2) is 5.22. The zero-order valence-corrected chi connectivity index (χ0v) is 12.3. The summed E-state index contributed by atoms with van der Waals surface area (Å²) < 4.78 is 15.9. The van der Waals surface area contributed by atoms with Crippen molar-refractivity contribution in [1.29, 1.82) is 0 Å². The molecule has 3 aromatic heterocycles. The number of imidazole rings is 1. The van der Waals surface area contributed by atoms with Crippen molar-refractivity contribution in [2.45, 2.75) is 0 Å². The first-order chi connectivity index (χ1) is 10.5. The Hall–Kier alpha value is -2.75. The molecule has 0 aromatic carbocycles. The van der Waals surface area contributed by atoms with Gasteiger partial charge >= 0.3 is 5.69 Å². The van der Waals surface area contributed by atoms with Gasteiger partial charge in [0.25, 0.3) is 11.5 Å². The third kappa shape index (κ3) is 2.44. The Labute approximate surface area is 129 Å². The van der Waals surface area contributed by atoms with Gasteiger partial charge in [0.05, 0.1) is 11.9 Å². The van der Waals surface area contributed by atoms with Gasteiger partial charge in [-0.05, 0) is 28.1 Å². The number of hydrogen-bond acceptors (Lipinski definition) is 4. The third-order valence-corrected chi connectivity index (χ3v) is 3.42. The van der Waals surface area contributed by atoms with E-state index in [1.165, 1.54) is 0 Å². The highest BCUT2D eigenvalue weighted by Crippen LogP contribution is 2.17. The molecule has 10 heteroatoms. The number of halogens is 2. The van der Waals surface area contributed by atoms with Gasteiger partial charge < -0.3 is 10.3 Å². The van der Waals surface area contributed by atoms with E-state index in [0.717, 1.165) is 0 Å². The Morgan fingerprint density at radius 3 is 2.86 bits per heavy atom. The first-order valence-corrected chi connectivity index (χ1v) is 6.71. The summed E-state index contributed by atoms with van der Waals surface area (Å²) >= 11 is 3.28. The van der Waals surface area contributed by atoms with Crippen LogP contribution in [0.15, 0.2) is 38.7 Å². The van der Waals surface area contributed by atoms with Gasteiger partial charge in [-0.3, -0.25) is 19.0 Å². The predicted octanol–water partition coefficient (Wildman–Crippen LogP) is 0.865. The number of carbonyl (C=O) groups is 1. The van der Waals surface area contributed by atoms with Crippen LogP contribution in [0.2, 0.25) is 0 Å². The lowest BCUT2D eigenvalue weighted by Gasteiger charge is -2.06. The lowest BCUT2D eigenvalue weighted by Crippen LogP contribution is -2.31. The number of aromatic nitrogens is 4. The van der Waals surface area contributed by atoms with E-state index in [-0.39, 0.29) is 0 Å². The topological polar surface area (TPSA) is 112 Å². The number of rotatable bonds is 2. The van der Waals surface area contributed by atoms with E-state index < -0.39 is 28.7 Å². The van der Waals surface area contributed by atoms with Crippen molar-refractivity contribution < 1.29 is 9.18 Å². The minimum Gasteiger partial charge on any atom is -0.319 e. The van der Waals surface area contributed by atoms with Crippen LogP contribution in [-0.4, -0.2) is 25.3 Å².